The summed E-state index contributed by atoms with van der Waals surface area (Å²) in [5.74, 6) is -0.380. The molecule has 23 heavy (non-hydrogen) atoms. The third-order valence-electron chi connectivity index (χ3n) is 3.70. The Morgan fingerprint density at radius 1 is 1.30 bits per heavy atom. The second-order valence-corrected chi connectivity index (χ2v) is 5.51. The molecule has 4 nitrogen and oxygen atoms in total. The van der Waals surface area contributed by atoms with Gasteiger partial charge in [-0.15, -0.1) is 0 Å². The van der Waals surface area contributed by atoms with Crippen molar-refractivity contribution in [3.05, 3.63) is 29.3 Å². The first-order valence-corrected chi connectivity index (χ1v) is 7.34. The normalized spacial score (nSPS) is 18.0. The van der Waals surface area contributed by atoms with E-state index in [1.807, 2.05) is 0 Å². The maximum Gasteiger partial charge on any atom is 0.416 e. The van der Waals surface area contributed by atoms with Crippen LogP contribution in [0.25, 0.3) is 0 Å². The van der Waals surface area contributed by atoms with E-state index in [0.29, 0.717) is 13.0 Å². The molecule has 126 valence electrons. The number of alkyl halides is 3. The van der Waals surface area contributed by atoms with Crippen LogP contribution in [-0.2, 0) is 15.7 Å². The summed E-state index contributed by atoms with van der Waals surface area (Å²) in [5.41, 5.74) is -0.648. The predicted octanol–water partition coefficient (Wildman–Crippen LogP) is 3.03. The highest BCUT2D eigenvalue weighted by molar-refractivity contribution is 7.80. The van der Waals surface area contributed by atoms with Gasteiger partial charge >= 0.3 is 12.1 Å². The van der Waals surface area contributed by atoms with Gasteiger partial charge in [0.2, 0.25) is 0 Å². The zero-order valence-electron chi connectivity index (χ0n) is 12.6. The van der Waals surface area contributed by atoms with E-state index in [0.717, 1.165) is 18.6 Å². The van der Waals surface area contributed by atoms with Gasteiger partial charge in [-0.1, -0.05) is 12.2 Å². The Labute approximate surface area is 137 Å². The quantitative estimate of drug-likeness (QED) is 0.621. The Hall–Kier alpha value is -1.83. The first-order chi connectivity index (χ1) is 10.8. The zero-order chi connectivity index (χ0) is 17.2. The zero-order valence-corrected chi connectivity index (χ0v) is 13.5. The van der Waals surface area contributed by atoms with E-state index in [4.69, 9.17) is 21.7 Å². The topological polar surface area (TPSA) is 38.8 Å². The molecule has 0 saturated carbocycles. The van der Waals surface area contributed by atoms with Gasteiger partial charge in [-0.25, -0.2) is 4.79 Å². The van der Waals surface area contributed by atoms with Gasteiger partial charge in [0.1, 0.15) is 16.8 Å². The number of carbonyl (C=O) groups is 1. The molecule has 0 aliphatic carbocycles. The molecule has 1 heterocycles. The van der Waals surface area contributed by atoms with E-state index < -0.39 is 23.8 Å². The van der Waals surface area contributed by atoms with Gasteiger partial charge in [0.15, 0.2) is 0 Å². The van der Waals surface area contributed by atoms with Gasteiger partial charge in [0.25, 0.3) is 0 Å². The summed E-state index contributed by atoms with van der Waals surface area (Å²) < 4.78 is 48.7. The monoisotopic (exact) mass is 347 g/mol. The molecular weight excluding hydrogens is 331 g/mol. The highest BCUT2D eigenvalue weighted by atomic mass is 32.1. The number of halogens is 3. The van der Waals surface area contributed by atoms with Crippen molar-refractivity contribution >= 4 is 23.2 Å². The largest absolute Gasteiger partial charge is 0.497 e. The molecule has 0 radical (unpaired) electrons. The molecule has 8 heteroatoms. The second kappa shape index (κ2) is 6.74. The average molecular weight is 347 g/mol. The summed E-state index contributed by atoms with van der Waals surface area (Å²) in [4.78, 5) is 13.6. The van der Waals surface area contributed by atoms with Crippen molar-refractivity contribution in [2.24, 2.45) is 0 Å². The Morgan fingerprint density at radius 3 is 2.57 bits per heavy atom. The Balaban J connectivity index is 2.37. The molecular formula is C15H16F3NO3S. The summed E-state index contributed by atoms with van der Waals surface area (Å²) in [6.45, 7) is 0.497. The van der Waals surface area contributed by atoms with Crippen LogP contribution in [0.15, 0.2) is 18.2 Å². The minimum atomic E-state index is -4.51. The maximum atomic E-state index is 13.0. The smallest absolute Gasteiger partial charge is 0.416 e. The highest BCUT2D eigenvalue weighted by Crippen LogP contribution is 2.33. The van der Waals surface area contributed by atoms with Crippen LogP contribution >= 0.6 is 12.2 Å². The predicted molar refractivity (Wildman–Crippen MR) is 81.4 cm³/mol. The molecule has 1 aromatic carbocycles. The molecule has 0 unspecified atom stereocenters. The number of benzene rings is 1. The molecule has 0 amide bonds. The Kier molecular flexibility index (Phi) is 5.13. The van der Waals surface area contributed by atoms with Crippen molar-refractivity contribution in [1.82, 2.24) is 4.90 Å². The average Bonchev–Trinajstić information content (AvgIpc) is 3.01. The second-order valence-electron chi connectivity index (χ2n) is 5.13. The molecule has 1 saturated heterocycles. The van der Waals surface area contributed by atoms with E-state index in [9.17, 15) is 18.0 Å². The number of esters is 1. The minimum Gasteiger partial charge on any atom is -0.497 e. The van der Waals surface area contributed by atoms with Crippen molar-refractivity contribution in [3.63, 3.8) is 0 Å². The number of thiocarbonyl (C=S) groups is 1. The van der Waals surface area contributed by atoms with Crippen LogP contribution in [0.2, 0.25) is 0 Å². The number of methoxy groups -OCH3 is 2. The van der Waals surface area contributed by atoms with E-state index in [2.05, 4.69) is 0 Å². The molecule has 1 aliphatic rings. The number of likely N-dealkylation sites (tertiary alicyclic amines) is 1. The molecule has 2 rings (SSSR count). The van der Waals surface area contributed by atoms with Crippen molar-refractivity contribution in [1.29, 1.82) is 0 Å². The van der Waals surface area contributed by atoms with Crippen LogP contribution < -0.4 is 4.74 Å². The number of ether oxygens (including phenoxy) is 2. The Morgan fingerprint density at radius 2 is 2.00 bits per heavy atom. The molecule has 0 bridgehead atoms. The first-order valence-electron chi connectivity index (χ1n) is 6.93. The fourth-order valence-corrected chi connectivity index (χ4v) is 2.90. The molecule has 1 aromatic rings. The number of hydrogen-bond acceptors (Lipinski definition) is 4. The molecule has 0 N–H and O–H groups in total. The van der Waals surface area contributed by atoms with Crippen LogP contribution in [0.1, 0.15) is 24.0 Å². The van der Waals surface area contributed by atoms with E-state index in [1.165, 1.54) is 20.3 Å². The summed E-state index contributed by atoms with van der Waals surface area (Å²) in [6, 6.07) is 2.75. The van der Waals surface area contributed by atoms with Crippen LogP contribution in [0.4, 0.5) is 13.2 Å². The van der Waals surface area contributed by atoms with Gasteiger partial charge in [-0.05, 0) is 31.0 Å². The number of rotatable bonds is 3. The number of nitrogens with zero attached hydrogens (tertiary/aromatic N) is 1. The van der Waals surface area contributed by atoms with Crippen LogP contribution in [-0.4, -0.2) is 42.7 Å². The molecule has 0 spiro atoms. The molecule has 1 fully saturated rings. The third-order valence-corrected chi connectivity index (χ3v) is 4.17. The van der Waals surface area contributed by atoms with Gasteiger partial charge in [-0.2, -0.15) is 13.2 Å². The lowest BCUT2D eigenvalue weighted by Gasteiger charge is -2.26. The van der Waals surface area contributed by atoms with Crippen molar-refractivity contribution in [2.75, 3.05) is 20.8 Å². The lowest BCUT2D eigenvalue weighted by atomic mass is 10.1. The molecule has 1 aliphatic heterocycles. The van der Waals surface area contributed by atoms with E-state index in [-0.39, 0.29) is 16.3 Å². The van der Waals surface area contributed by atoms with E-state index >= 15 is 0 Å². The first kappa shape index (κ1) is 17.5. The van der Waals surface area contributed by atoms with Crippen molar-refractivity contribution in [3.8, 4) is 5.75 Å². The number of hydrogen-bond donors (Lipinski definition) is 0. The van der Waals surface area contributed by atoms with Gasteiger partial charge in [-0.3, -0.25) is 0 Å². The summed E-state index contributed by atoms with van der Waals surface area (Å²) in [6.07, 6.45) is -3.23. The minimum absolute atomic E-state index is 0.0611. The van der Waals surface area contributed by atoms with Gasteiger partial charge < -0.3 is 14.4 Å². The fraction of sp³-hybridized carbons (Fsp3) is 0.467. The summed E-state index contributed by atoms with van der Waals surface area (Å²) >= 11 is 5.31. The lowest BCUT2D eigenvalue weighted by Crippen LogP contribution is -2.40. The Bertz CT molecular complexity index is 618. The highest BCUT2D eigenvalue weighted by Gasteiger charge is 2.35. The lowest BCUT2D eigenvalue weighted by molar-refractivity contribution is -0.144. The van der Waals surface area contributed by atoms with E-state index in [1.54, 1.807) is 4.90 Å². The van der Waals surface area contributed by atoms with Crippen LogP contribution in [0.5, 0.6) is 5.75 Å². The van der Waals surface area contributed by atoms with Gasteiger partial charge in [0, 0.05) is 12.1 Å². The number of carbonyl (C=O) groups excluding carboxylic acids is 1. The van der Waals surface area contributed by atoms with Crippen molar-refractivity contribution in [2.45, 2.75) is 25.1 Å². The van der Waals surface area contributed by atoms with Crippen molar-refractivity contribution < 1.29 is 27.4 Å². The molecule has 0 aromatic heterocycles. The van der Waals surface area contributed by atoms with Crippen LogP contribution in [0, 0.1) is 0 Å². The fourth-order valence-electron chi connectivity index (χ4n) is 2.56. The molecule has 1 atom stereocenters. The van der Waals surface area contributed by atoms with Crippen LogP contribution in [0.3, 0.4) is 0 Å². The van der Waals surface area contributed by atoms with Gasteiger partial charge in [0.05, 0.1) is 19.8 Å². The summed E-state index contributed by atoms with van der Waals surface area (Å²) in [5, 5.41) is 0. The summed E-state index contributed by atoms with van der Waals surface area (Å²) in [7, 11) is 2.56. The third kappa shape index (κ3) is 3.74. The SMILES string of the molecule is COC(=O)[C@H]1CCCN1C(=S)c1cc(OC)cc(C(F)(F)F)c1. The maximum absolute atomic E-state index is 13.0. The standard InChI is InChI=1S/C15H16F3NO3S/c1-21-11-7-9(6-10(8-11)15(16,17)18)13(23)19-5-3-4-12(19)14(20)22-2/h6-8,12H,3-5H2,1-2H3/t12-/m1/s1.